The molecule has 0 spiro atoms. The molecule has 5 rings (SSSR count). The maximum Gasteiger partial charge on any atom is 0.313 e. The molecule has 2 aliphatic rings. The van der Waals surface area contributed by atoms with Crippen LogP contribution >= 0.6 is 11.6 Å². The van der Waals surface area contributed by atoms with Gasteiger partial charge in [0, 0.05) is 35.2 Å². The lowest BCUT2D eigenvalue weighted by atomic mass is 9.70. The summed E-state index contributed by atoms with van der Waals surface area (Å²) in [5.41, 5.74) is 11.4. The summed E-state index contributed by atoms with van der Waals surface area (Å²) in [6, 6.07) is 11.5. The van der Waals surface area contributed by atoms with Crippen LogP contribution in [-0.4, -0.2) is 34.5 Å². The molecule has 3 heterocycles. The predicted molar refractivity (Wildman–Crippen MR) is 135 cm³/mol. The number of ketones is 1. The molecule has 1 aliphatic carbocycles. The summed E-state index contributed by atoms with van der Waals surface area (Å²) in [5.74, 6) is -2.00. The molecule has 1 aliphatic heterocycles. The lowest BCUT2D eigenvalue weighted by molar-refractivity contribution is -0.149. The van der Waals surface area contributed by atoms with Gasteiger partial charge in [0.1, 0.15) is 11.1 Å². The van der Waals surface area contributed by atoms with Gasteiger partial charge < -0.3 is 15.4 Å². The molecule has 180 valence electrons. The Hall–Kier alpha value is -3.29. The number of carbonyl (C=O) groups excluding carboxylic acids is 2. The highest BCUT2D eigenvalue weighted by Crippen LogP contribution is 2.49. The second-order valence-corrected chi connectivity index (χ2v) is 9.39. The van der Waals surface area contributed by atoms with E-state index in [4.69, 9.17) is 22.1 Å². The minimum absolute atomic E-state index is 0.00764. The Kier molecular flexibility index (Phi) is 6.30. The summed E-state index contributed by atoms with van der Waals surface area (Å²) in [6.45, 7) is 3.96. The molecule has 0 amide bonds. The van der Waals surface area contributed by atoms with Crippen molar-refractivity contribution in [1.29, 1.82) is 0 Å². The second-order valence-electron chi connectivity index (χ2n) is 9.03. The van der Waals surface area contributed by atoms with E-state index in [1.807, 2.05) is 48.2 Å². The van der Waals surface area contributed by atoms with Crippen molar-refractivity contribution < 1.29 is 14.3 Å². The van der Waals surface area contributed by atoms with E-state index >= 15 is 0 Å². The maximum absolute atomic E-state index is 13.5. The number of aromatic nitrogens is 2. The number of aryl methyl sites for hydroxylation is 1. The average Bonchev–Trinajstić information content (AvgIpc) is 2.84. The number of pyridine rings is 2. The molecule has 8 heteroatoms. The molecule has 0 saturated heterocycles. The summed E-state index contributed by atoms with van der Waals surface area (Å²) in [6.07, 6.45) is 4.36. The number of anilines is 1. The van der Waals surface area contributed by atoms with E-state index in [9.17, 15) is 9.59 Å². The molecular weight excluding hydrogens is 464 g/mol. The summed E-state index contributed by atoms with van der Waals surface area (Å²) in [7, 11) is 0. The second kappa shape index (κ2) is 9.40. The van der Waals surface area contributed by atoms with Gasteiger partial charge in [-0.2, -0.15) is 0 Å². The monoisotopic (exact) mass is 490 g/mol. The van der Waals surface area contributed by atoms with Crippen molar-refractivity contribution in [3.63, 3.8) is 0 Å². The van der Waals surface area contributed by atoms with Gasteiger partial charge in [0.25, 0.3) is 0 Å². The Labute approximate surface area is 208 Å². The smallest absolute Gasteiger partial charge is 0.313 e. The summed E-state index contributed by atoms with van der Waals surface area (Å²) in [4.78, 5) is 37.7. The summed E-state index contributed by atoms with van der Waals surface area (Å²) >= 11 is 6.74. The summed E-state index contributed by atoms with van der Waals surface area (Å²) < 4.78 is 5.49. The zero-order valence-electron chi connectivity index (χ0n) is 19.7. The van der Waals surface area contributed by atoms with E-state index in [1.54, 1.807) is 19.3 Å². The molecule has 0 saturated carbocycles. The third kappa shape index (κ3) is 4.09. The first-order valence-corrected chi connectivity index (χ1v) is 12.2. The Morgan fingerprint density at radius 3 is 2.83 bits per heavy atom. The Balaban J connectivity index is 1.78. The zero-order chi connectivity index (χ0) is 24.7. The maximum atomic E-state index is 13.5. The summed E-state index contributed by atoms with van der Waals surface area (Å²) in [5, 5.41) is 1.15. The zero-order valence-corrected chi connectivity index (χ0v) is 20.5. The van der Waals surface area contributed by atoms with Crippen molar-refractivity contribution in [2.45, 2.75) is 45.2 Å². The van der Waals surface area contributed by atoms with Gasteiger partial charge in [0.2, 0.25) is 0 Å². The minimum Gasteiger partial charge on any atom is -0.466 e. The van der Waals surface area contributed by atoms with Crippen molar-refractivity contribution in [3.05, 3.63) is 76.3 Å². The molecule has 3 aromatic rings. The van der Waals surface area contributed by atoms with Gasteiger partial charge >= 0.3 is 5.97 Å². The first-order chi connectivity index (χ1) is 16.9. The highest BCUT2D eigenvalue weighted by atomic mass is 35.5. The first kappa shape index (κ1) is 23.5. The molecule has 0 fully saturated rings. The van der Waals surface area contributed by atoms with Gasteiger partial charge in [-0.05, 0) is 62.6 Å². The number of halogens is 1. The highest BCUT2D eigenvalue weighted by Gasteiger charge is 2.50. The number of nitrogens with two attached hydrogens (primary N) is 1. The number of ether oxygens (including phenoxy) is 1. The fourth-order valence-corrected chi connectivity index (χ4v) is 5.62. The first-order valence-electron chi connectivity index (χ1n) is 11.8. The Morgan fingerprint density at radius 1 is 1.26 bits per heavy atom. The van der Waals surface area contributed by atoms with E-state index in [-0.39, 0.29) is 17.5 Å². The van der Waals surface area contributed by atoms with Gasteiger partial charge in [0.15, 0.2) is 5.78 Å². The Bertz CT molecular complexity index is 1340. The van der Waals surface area contributed by atoms with Crippen LogP contribution in [0.5, 0.6) is 0 Å². The van der Waals surface area contributed by atoms with Crippen LogP contribution < -0.4 is 10.6 Å². The van der Waals surface area contributed by atoms with Crippen molar-refractivity contribution in [2.75, 3.05) is 11.5 Å². The van der Waals surface area contributed by atoms with Crippen molar-refractivity contribution in [2.24, 2.45) is 11.7 Å². The van der Waals surface area contributed by atoms with Crippen LogP contribution in [-0.2, 0) is 14.3 Å². The molecule has 0 bridgehead atoms. The quantitative estimate of drug-likeness (QED) is 0.419. The molecule has 1 aromatic carbocycles. The van der Waals surface area contributed by atoms with Gasteiger partial charge in [-0.15, -0.1) is 0 Å². The number of fused-ring (bicyclic) bond motifs is 1. The van der Waals surface area contributed by atoms with Crippen LogP contribution in [0.3, 0.4) is 0 Å². The van der Waals surface area contributed by atoms with Gasteiger partial charge in [-0.1, -0.05) is 23.2 Å². The fourth-order valence-electron chi connectivity index (χ4n) is 5.36. The fraction of sp³-hybridized carbons (Fsp3) is 0.333. The normalized spacial score (nSPS) is 22.3. The Morgan fingerprint density at radius 2 is 2.09 bits per heavy atom. The van der Waals surface area contributed by atoms with Gasteiger partial charge in [-0.25, -0.2) is 4.98 Å². The lowest BCUT2D eigenvalue weighted by Gasteiger charge is -2.47. The van der Waals surface area contributed by atoms with Crippen LogP contribution in [0.4, 0.5) is 5.69 Å². The van der Waals surface area contributed by atoms with E-state index in [2.05, 4.69) is 9.97 Å². The third-order valence-corrected chi connectivity index (χ3v) is 7.13. The predicted octanol–water partition coefficient (Wildman–Crippen LogP) is 4.67. The number of hydrogen-bond donors (Lipinski definition) is 1. The van der Waals surface area contributed by atoms with E-state index in [0.717, 1.165) is 27.9 Å². The van der Waals surface area contributed by atoms with Gasteiger partial charge in [-0.3, -0.25) is 14.6 Å². The molecular formula is C27H27ClN4O3. The number of hydrogen-bond acceptors (Lipinski definition) is 7. The number of Topliss-reactive ketones (excluding diaryl/α,β-unsaturated/α-hetero) is 1. The molecule has 35 heavy (non-hydrogen) atoms. The van der Waals surface area contributed by atoms with E-state index in [0.29, 0.717) is 30.4 Å². The molecule has 2 aromatic heterocycles. The highest BCUT2D eigenvalue weighted by molar-refractivity contribution is 6.30. The molecule has 0 radical (unpaired) electrons. The van der Waals surface area contributed by atoms with Crippen LogP contribution in [0, 0.1) is 12.8 Å². The van der Waals surface area contributed by atoms with Crippen LogP contribution in [0.1, 0.15) is 43.2 Å². The molecule has 3 atom stereocenters. The number of benzene rings is 1. The van der Waals surface area contributed by atoms with Crippen LogP contribution in [0.2, 0.25) is 5.15 Å². The molecule has 3 unspecified atom stereocenters. The average molecular weight is 491 g/mol. The molecule has 7 nitrogen and oxygen atoms in total. The topological polar surface area (TPSA) is 98.4 Å². The van der Waals surface area contributed by atoms with E-state index in [1.165, 1.54) is 0 Å². The lowest BCUT2D eigenvalue weighted by Crippen LogP contribution is -2.57. The number of rotatable bonds is 4. The van der Waals surface area contributed by atoms with Gasteiger partial charge in [0.05, 0.1) is 30.2 Å². The minimum atomic E-state index is -0.863. The largest absolute Gasteiger partial charge is 0.466 e. The van der Waals surface area contributed by atoms with Crippen LogP contribution in [0.15, 0.2) is 60.1 Å². The van der Waals surface area contributed by atoms with Crippen molar-refractivity contribution in [1.82, 2.24) is 9.97 Å². The molecule has 2 N–H and O–H groups in total. The van der Waals surface area contributed by atoms with Crippen molar-refractivity contribution >= 4 is 39.9 Å². The number of nitrogens with zero attached hydrogens (tertiary/aromatic N) is 3. The van der Waals surface area contributed by atoms with Crippen LogP contribution in [0.25, 0.3) is 10.9 Å². The SMILES string of the molecule is CCOC(=O)C1C(c2cc3cc(C)ccc3nc2Cl)C2=C(CCCC2=O)N(c2cccnc2)C1N. The third-order valence-electron chi connectivity index (χ3n) is 6.82. The standard InChI is InChI=1S/C27H27ClN4O3/c1-3-35-27(34)24-22(18-13-16-12-15(2)9-10-19(16)31-25(18)28)23-20(7-4-8-21(23)33)32(26(24)29)17-6-5-11-30-14-17/h5-6,9-14,22,24,26H,3-4,7-8,29H2,1-2H3. The van der Waals surface area contributed by atoms with E-state index < -0.39 is 24.0 Å². The number of allylic oxidation sites excluding steroid dienone is 2. The number of esters is 1. The van der Waals surface area contributed by atoms with Crippen molar-refractivity contribution in [3.8, 4) is 0 Å². The number of carbonyl (C=O) groups is 2.